The van der Waals surface area contributed by atoms with Crippen LogP contribution in [-0.2, 0) is 13.1 Å². The van der Waals surface area contributed by atoms with Crippen LogP contribution in [0.4, 0.5) is 0 Å². The van der Waals surface area contributed by atoms with Crippen LogP contribution in [0, 0.1) is 6.92 Å². The van der Waals surface area contributed by atoms with Crippen molar-refractivity contribution in [1.29, 1.82) is 0 Å². The molecule has 0 amide bonds. The molecule has 1 fully saturated rings. The summed E-state index contributed by atoms with van der Waals surface area (Å²) >= 11 is 0. The van der Waals surface area contributed by atoms with Crippen molar-refractivity contribution < 1.29 is 0 Å². The molecule has 2 rings (SSSR count). The highest BCUT2D eigenvalue weighted by atomic mass is 15.3. The Hall–Kier alpha value is -0.870. The van der Waals surface area contributed by atoms with Crippen LogP contribution in [0.15, 0.2) is 6.07 Å². The van der Waals surface area contributed by atoms with E-state index in [-0.39, 0.29) is 0 Å². The average Bonchev–Trinajstić information content (AvgIpc) is 2.62. The van der Waals surface area contributed by atoms with Gasteiger partial charge in [-0.2, -0.15) is 5.10 Å². The lowest BCUT2D eigenvalue weighted by Gasteiger charge is -2.47. The number of aryl methyl sites for hydroxylation is 2. The van der Waals surface area contributed by atoms with Crippen molar-refractivity contribution in [3.63, 3.8) is 0 Å². The molecule has 1 aliphatic rings. The van der Waals surface area contributed by atoms with Crippen molar-refractivity contribution in [3.05, 3.63) is 17.5 Å². The van der Waals surface area contributed by atoms with Gasteiger partial charge in [-0.25, -0.2) is 0 Å². The van der Waals surface area contributed by atoms with Crippen LogP contribution in [0.2, 0.25) is 0 Å². The average molecular weight is 250 g/mol. The minimum atomic E-state index is 0.395. The van der Waals surface area contributed by atoms with Crippen molar-refractivity contribution in [3.8, 4) is 0 Å². The molecule has 18 heavy (non-hydrogen) atoms. The number of hydrogen-bond acceptors (Lipinski definition) is 3. The molecule has 1 heterocycles. The van der Waals surface area contributed by atoms with E-state index in [2.05, 4.69) is 54.0 Å². The molecular formula is C14H26N4. The van der Waals surface area contributed by atoms with Crippen LogP contribution < -0.4 is 5.32 Å². The standard InChI is InChI=1S/C14H26N4/c1-5-18-13(9-12(2)16-18)10-15-11-14(17(3)4)7-6-8-14/h9,15H,5-8,10-11H2,1-4H3. The summed E-state index contributed by atoms with van der Waals surface area (Å²) in [7, 11) is 4.39. The molecule has 102 valence electrons. The summed E-state index contributed by atoms with van der Waals surface area (Å²) in [4.78, 5) is 2.38. The van der Waals surface area contributed by atoms with Crippen LogP contribution >= 0.6 is 0 Å². The van der Waals surface area contributed by atoms with Gasteiger partial charge in [0.1, 0.15) is 0 Å². The van der Waals surface area contributed by atoms with E-state index in [0.29, 0.717) is 5.54 Å². The Labute approximate surface area is 110 Å². The summed E-state index contributed by atoms with van der Waals surface area (Å²) in [5, 5.41) is 8.09. The molecule has 0 saturated heterocycles. The Balaban J connectivity index is 1.88. The third-order valence-electron chi connectivity index (χ3n) is 4.28. The van der Waals surface area contributed by atoms with Gasteiger partial charge in [-0.05, 0) is 53.3 Å². The van der Waals surface area contributed by atoms with Crippen molar-refractivity contribution in [1.82, 2.24) is 20.0 Å². The van der Waals surface area contributed by atoms with E-state index in [0.717, 1.165) is 25.3 Å². The fourth-order valence-corrected chi connectivity index (χ4v) is 2.81. The summed E-state index contributed by atoms with van der Waals surface area (Å²) in [5.41, 5.74) is 2.80. The van der Waals surface area contributed by atoms with E-state index in [1.54, 1.807) is 0 Å². The van der Waals surface area contributed by atoms with Gasteiger partial charge in [0, 0.05) is 25.2 Å². The highest BCUT2D eigenvalue weighted by Crippen LogP contribution is 2.35. The second kappa shape index (κ2) is 5.41. The van der Waals surface area contributed by atoms with Gasteiger partial charge in [0.05, 0.1) is 11.4 Å². The highest BCUT2D eigenvalue weighted by Gasteiger charge is 2.38. The van der Waals surface area contributed by atoms with Gasteiger partial charge in [0.25, 0.3) is 0 Å². The Morgan fingerprint density at radius 2 is 2.17 bits per heavy atom. The topological polar surface area (TPSA) is 33.1 Å². The van der Waals surface area contributed by atoms with Crippen LogP contribution in [0.5, 0.6) is 0 Å². The molecule has 1 saturated carbocycles. The third-order valence-corrected chi connectivity index (χ3v) is 4.28. The zero-order valence-corrected chi connectivity index (χ0v) is 12.2. The van der Waals surface area contributed by atoms with Gasteiger partial charge in [0.2, 0.25) is 0 Å². The summed E-state index contributed by atoms with van der Waals surface area (Å²) < 4.78 is 2.09. The maximum absolute atomic E-state index is 4.48. The molecule has 0 bridgehead atoms. The van der Waals surface area contributed by atoms with Gasteiger partial charge in [-0.15, -0.1) is 0 Å². The normalized spacial score (nSPS) is 18.1. The molecule has 0 unspecified atom stereocenters. The molecule has 0 aliphatic heterocycles. The molecular weight excluding hydrogens is 224 g/mol. The lowest BCUT2D eigenvalue weighted by atomic mass is 9.75. The Bertz CT molecular complexity index is 390. The fraction of sp³-hybridized carbons (Fsp3) is 0.786. The van der Waals surface area contributed by atoms with Crippen molar-refractivity contribution >= 4 is 0 Å². The molecule has 4 nitrogen and oxygen atoms in total. The minimum absolute atomic E-state index is 0.395. The first-order valence-corrected chi connectivity index (χ1v) is 6.99. The smallest absolute Gasteiger partial charge is 0.0597 e. The van der Waals surface area contributed by atoms with Crippen LogP contribution in [0.25, 0.3) is 0 Å². The molecule has 1 N–H and O–H groups in total. The van der Waals surface area contributed by atoms with E-state index in [1.165, 1.54) is 25.0 Å². The zero-order valence-electron chi connectivity index (χ0n) is 12.2. The third kappa shape index (κ3) is 2.59. The maximum atomic E-state index is 4.48. The van der Waals surface area contributed by atoms with Gasteiger partial charge < -0.3 is 10.2 Å². The Morgan fingerprint density at radius 1 is 1.44 bits per heavy atom. The Morgan fingerprint density at radius 3 is 2.67 bits per heavy atom. The predicted octanol–water partition coefficient (Wildman–Crippen LogP) is 1.79. The maximum Gasteiger partial charge on any atom is 0.0597 e. The van der Waals surface area contributed by atoms with E-state index >= 15 is 0 Å². The lowest BCUT2D eigenvalue weighted by molar-refractivity contribution is 0.0596. The highest BCUT2D eigenvalue weighted by molar-refractivity contribution is 5.09. The summed E-state index contributed by atoms with van der Waals surface area (Å²) in [6, 6.07) is 2.18. The summed E-state index contributed by atoms with van der Waals surface area (Å²) in [5.74, 6) is 0. The van der Waals surface area contributed by atoms with Gasteiger partial charge in [0.15, 0.2) is 0 Å². The lowest BCUT2D eigenvalue weighted by Crippen LogP contribution is -2.56. The summed E-state index contributed by atoms with van der Waals surface area (Å²) in [6.45, 7) is 7.15. The second-order valence-electron chi connectivity index (χ2n) is 5.67. The van der Waals surface area contributed by atoms with E-state index in [4.69, 9.17) is 0 Å². The fourth-order valence-electron chi connectivity index (χ4n) is 2.81. The first kappa shape index (κ1) is 13.6. The van der Waals surface area contributed by atoms with Crippen molar-refractivity contribution in [2.45, 2.75) is 51.7 Å². The SMILES string of the molecule is CCn1nc(C)cc1CNCC1(N(C)C)CCC1. The minimum Gasteiger partial charge on any atom is -0.309 e. The molecule has 1 aromatic heterocycles. The number of nitrogens with one attached hydrogen (secondary N) is 1. The van der Waals surface area contributed by atoms with E-state index in [9.17, 15) is 0 Å². The van der Waals surface area contributed by atoms with Crippen LogP contribution in [0.3, 0.4) is 0 Å². The monoisotopic (exact) mass is 250 g/mol. The largest absolute Gasteiger partial charge is 0.309 e. The number of aromatic nitrogens is 2. The molecule has 1 aliphatic carbocycles. The first-order valence-electron chi connectivity index (χ1n) is 6.99. The molecule has 0 atom stereocenters. The molecule has 0 spiro atoms. The molecule has 4 heteroatoms. The van der Waals surface area contributed by atoms with Gasteiger partial charge in [-0.1, -0.05) is 0 Å². The van der Waals surface area contributed by atoms with Crippen molar-refractivity contribution in [2.24, 2.45) is 0 Å². The van der Waals surface area contributed by atoms with Crippen LogP contribution in [0.1, 0.15) is 37.6 Å². The Kier molecular flexibility index (Phi) is 4.07. The number of likely N-dealkylation sites (N-methyl/N-ethyl adjacent to an activating group) is 1. The quantitative estimate of drug-likeness (QED) is 0.835. The zero-order chi connectivity index (χ0) is 13.2. The second-order valence-corrected chi connectivity index (χ2v) is 5.67. The summed E-state index contributed by atoms with van der Waals surface area (Å²) in [6.07, 6.45) is 4.00. The number of hydrogen-bond donors (Lipinski definition) is 1. The van der Waals surface area contributed by atoms with Crippen LogP contribution in [-0.4, -0.2) is 40.9 Å². The van der Waals surface area contributed by atoms with E-state index < -0.39 is 0 Å². The predicted molar refractivity (Wildman–Crippen MR) is 74.6 cm³/mol. The molecule has 0 aromatic carbocycles. The first-order chi connectivity index (χ1) is 8.57. The molecule has 1 aromatic rings. The van der Waals surface area contributed by atoms with E-state index in [1.807, 2.05) is 0 Å². The van der Waals surface area contributed by atoms with Gasteiger partial charge >= 0.3 is 0 Å². The molecule has 0 radical (unpaired) electrons. The number of nitrogens with zero attached hydrogens (tertiary/aromatic N) is 3. The van der Waals surface area contributed by atoms with Gasteiger partial charge in [-0.3, -0.25) is 4.68 Å². The number of rotatable bonds is 6. The van der Waals surface area contributed by atoms with Crippen molar-refractivity contribution in [2.75, 3.05) is 20.6 Å².